The highest BCUT2D eigenvalue weighted by Gasteiger charge is 2.15. The summed E-state index contributed by atoms with van der Waals surface area (Å²) in [6.45, 7) is 5.13. The molecule has 2 heterocycles. The van der Waals surface area contributed by atoms with E-state index < -0.39 is 0 Å². The van der Waals surface area contributed by atoms with Crippen molar-refractivity contribution in [2.45, 2.75) is 20.3 Å². The van der Waals surface area contributed by atoms with Crippen molar-refractivity contribution in [1.29, 1.82) is 0 Å². The van der Waals surface area contributed by atoms with Crippen LogP contribution >= 0.6 is 11.3 Å². The van der Waals surface area contributed by atoms with E-state index in [9.17, 15) is 0 Å². The molecular formula is C19H23N3O2S. The number of fused-ring (bicyclic) bond motifs is 1. The van der Waals surface area contributed by atoms with Gasteiger partial charge in [-0.15, -0.1) is 11.3 Å². The highest BCUT2D eigenvalue weighted by atomic mass is 32.1. The first-order valence-electron chi connectivity index (χ1n) is 8.18. The molecule has 0 aliphatic carbocycles. The average molecular weight is 357 g/mol. The summed E-state index contributed by atoms with van der Waals surface area (Å²) in [6.07, 6.45) is 2.55. The van der Waals surface area contributed by atoms with Crippen molar-refractivity contribution < 1.29 is 9.47 Å². The molecule has 0 radical (unpaired) electrons. The predicted octanol–water partition coefficient (Wildman–Crippen LogP) is 4.00. The maximum atomic E-state index is 5.39. The van der Waals surface area contributed by atoms with Crippen LogP contribution in [-0.4, -0.2) is 37.8 Å². The van der Waals surface area contributed by atoms with Gasteiger partial charge in [-0.05, 0) is 43.5 Å². The van der Waals surface area contributed by atoms with Crippen LogP contribution in [0.4, 0.5) is 5.82 Å². The maximum absolute atomic E-state index is 5.39. The number of hydrogen-bond acceptors (Lipinski definition) is 6. The molecule has 0 aliphatic heterocycles. The van der Waals surface area contributed by atoms with E-state index >= 15 is 0 Å². The van der Waals surface area contributed by atoms with E-state index in [4.69, 9.17) is 9.47 Å². The normalized spacial score (nSPS) is 10.9. The van der Waals surface area contributed by atoms with Gasteiger partial charge in [0.15, 0.2) is 11.5 Å². The van der Waals surface area contributed by atoms with Gasteiger partial charge >= 0.3 is 0 Å². The number of nitrogens with zero attached hydrogens (tertiary/aromatic N) is 3. The summed E-state index contributed by atoms with van der Waals surface area (Å²) in [5.74, 6) is 2.50. The first kappa shape index (κ1) is 17.5. The molecule has 1 aromatic carbocycles. The zero-order valence-corrected chi connectivity index (χ0v) is 16.1. The zero-order chi connectivity index (χ0) is 18.0. The second-order valence-electron chi connectivity index (χ2n) is 6.02. The van der Waals surface area contributed by atoms with Crippen LogP contribution in [0.3, 0.4) is 0 Å². The highest BCUT2D eigenvalue weighted by molar-refractivity contribution is 7.18. The Bertz CT molecular complexity index is 892. The van der Waals surface area contributed by atoms with E-state index in [0.717, 1.165) is 35.1 Å². The first-order chi connectivity index (χ1) is 12.0. The fourth-order valence-electron chi connectivity index (χ4n) is 2.89. The lowest BCUT2D eigenvalue weighted by Gasteiger charge is -2.19. The van der Waals surface area contributed by atoms with Gasteiger partial charge in [-0.1, -0.05) is 6.07 Å². The van der Waals surface area contributed by atoms with Gasteiger partial charge in [0.25, 0.3) is 0 Å². The SMILES string of the molecule is COc1ccc(CCN(C)c2ncnc3sc(C)c(C)c23)cc1OC. The number of thiophene rings is 1. The molecule has 0 saturated carbocycles. The minimum Gasteiger partial charge on any atom is -0.493 e. The van der Waals surface area contributed by atoms with E-state index in [-0.39, 0.29) is 0 Å². The first-order valence-corrected chi connectivity index (χ1v) is 8.99. The van der Waals surface area contributed by atoms with Crippen molar-refractivity contribution in [2.75, 3.05) is 32.7 Å². The van der Waals surface area contributed by atoms with Crippen molar-refractivity contribution in [3.63, 3.8) is 0 Å². The molecule has 132 valence electrons. The van der Waals surface area contributed by atoms with Gasteiger partial charge in [0.1, 0.15) is 17.0 Å². The minimum absolute atomic E-state index is 0.751. The summed E-state index contributed by atoms with van der Waals surface area (Å²) in [5.41, 5.74) is 2.47. The lowest BCUT2D eigenvalue weighted by molar-refractivity contribution is 0.354. The molecular weight excluding hydrogens is 334 g/mol. The van der Waals surface area contributed by atoms with Crippen molar-refractivity contribution in [2.24, 2.45) is 0 Å². The summed E-state index contributed by atoms with van der Waals surface area (Å²) in [7, 11) is 5.39. The Balaban J connectivity index is 1.80. The molecule has 6 heteroatoms. The Morgan fingerprint density at radius 2 is 1.84 bits per heavy atom. The van der Waals surface area contributed by atoms with Gasteiger partial charge in [0, 0.05) is 18.5 Å². The minimum atomic E-state index is 0.751. The number of aromatic nitrogens is 2. The number of methoxy groups -OCH3 is 2. The van der Waals surface area contributed by atoms with Crippen molar-refractivity contribution in [3.8, 4) is 11.5 Å². The third kappa shape index (κ3) is 3.39. The quantitative estimate of drug-likeness (QED) is 0.667. The fourth-order valence-corrected chi connectivity index (χ4v) is 3.88. The molecule has 3 aromatic rings. The largest absolute Gasteiger partial charge is 0.493 e. The summed E-state index contributed by atoms with van der Waals surface area (Å²) in [5, 5.41) is 1.17. The molecule has 0 atom stereocenters. The summed E-state index contributed by atoms with van der Waals surface area (Å²) in [4.78, 5) is 13.5. The molecule has 0 fully saturated rings. The van der Waals surface area contributed by atoms with E-state index in [1.165, 1.54) is 21.4 Å². The van der Waals surface area contributed by atoms with Crippen LogP contribution in [0.5, 0.6) is 11.5 Å². The Kier molecular flexibility index (Phi) is 5.08. The zero-order valence-electron chi connectivity index (χ0n) is 15.3. The Labute approximate surface area is 152 Å². The van der Waals surface area contributed by atoms with Gasteiger partial charge in [-0.25, -0.2) is 9.97 Å². The van der Waals surface area contributed by atoms with Crippen molar-refractivity contribution in [1.82, 2.24) is 9.97 Å². The molecule has 0 saturated heterocycles. The van der Waals surface area contributed by atoms with Gasteiger partial charge in [0.2, 0.25) is 0 Å². The predicted molar refractivity (Wildman–Crippen MR) is 103 cm³/mol. The molecule has 25 heavy (non-hydrogen) atoms. The third-order valence-corrected chi connectivity index (χ3v) is 5.61. The molecule has 2 aromatic heterocycles. The van der Waals surface area contributed by atoms with E-state index in [1.807, 2.05) is 12.1 Å². The van der Waals surface area contributed by atoms with Crippen LogP contribution in [0.25, 0.3) is 10.2 Å². The van der Waals surface area contributed by atoms with Crippen LogP contribution in [0, 0.1) is 13.8 Å². The van der Waals surface area contributed by atoms with Crippen molar-refractivity contribution >= 4 is 27.4 Å². The average Bonchev–Trinajstić information content (AvgIpc) is 2.93. The topological polar surface area (TPSA) is 47.5 Å². The fraction of sp³-hybridized carbons (Fsp3) is 0.368. The third-order valence-electron chi connectivity index (χ3n) is 4.49. The van der Waals surface area contributed by atoms with E-state index in [0.29, 0.717) is 0 Å². The van der Waals surface area contributed by atoms with Gasteiger partial charge < -0.3 is 14.4 Å². The summed E-state index contributed by atoms with van der Waals surface area (Å²) < 4.78 is 10.7. The standard InChI is InChI=1S/C19H23N3O2S/c1-12-13(2)25-19-17(12)18(20-11-21-19)22(3)9-8-14-6-7-15(23-4)16(10-14)24-5/h6-7,10-11H,8-9H2,1-5H3. The van der Waals surface area contributed by atoms with Crippen LogP contribution < -0.4 is 14.4 Å². The van der Waals surface area contributed by atoms with Crippen LogP contribution in [0.15, 0.2) is 24.5 Å². The van der Waals surface area contributed by atoms with Gasteiger partial charge in [-0.3, -0.25) is 0 Å². The molecule has 0 bridgehead atoms. The van der Waals surface area contributed by atoms with Crippen LogP contribution in [0.2, 0.25) is 0 Å². The van der Waals surface area contributed by atoms with Crippen molar-refractivity contribution in [3.05, 3.63) is 40.5 Å². The molecule has 0 amide bonds. The van der Waals surface area contributed by atoms with Crippen LogP contribution in [0.1, 0.15) is 16.0 Å². The lowest BCUT2D eigenvalue weighted by Crippen LogP contribution is -2.21. The molecule has 3 rings (SSSR count). The van der Waals surface area contributed by atoms with E-state index in [2.05, 4.69) is 41.8 Å². The Morgan fingerprint density at radius 3 is 2.56 bits per heavy atom. The Hall–Kier alpha value is -2.34. The highest BCUT2D eigenvalue weighted by Crippen LogP contribution is 2.34. The Morgan fingerprint density at radius 1 is 1.08 bits per heavy atom. The maximum Gasteiger partial charge on any atom is 0.160 e. The number of hydrogen-bond donors (Lipinski definition) is 0. The van der Waals surface area contributed by atoms with Gasteiger partial charge in [-0.2, -0.15) is 0 Å². The smallest absolute Gasteiger partial charge is 0.160 e. The summed E-state index contributed by atoms with van der Waals surface area (Å²) >= 11 is 1.73. The van der Waals surface area contributed by atoms with Gasteiger partial charge in [0.05, 0.1) is 19.6 Å². The number of rotatable bonds is 6. The summed E-state index contributed by atoms with van der Waals surface area (Å²) in [6, 6.07) is 6.05. The lowest BCUT2D eigenvalue weighted by atomic mass is 10.1. The molecule has 0 N–H and O–H groups in total. The molecule has 0 aliphatic rings. The number of anilines is 1. The molecule has 0 spiro atoms. The van der Waals surface area contributed by atoms with Crippen LogP contribution in [-0.2, 0) is 6.42 Å². The number of likely N-dealkylation sites (N-methyl/N-ethyl adjacent to an activating group) is 1. The molecule has 5 nitrogen and oxygen atoms in total. The number of benzene rings is 1. The number of ether oxygens (including phenoxy) is 2. The second-order valence-corrected chi connectivity index (χ2v) is 7.22. The molecule has 0 unspecified atom stereocenters. The number of aryl methyl sites for hydroxylation is 2. The monoisotopic (exact) mass is 357 g/mol. The second kappa shape index (κ2) is 7.27. The van der Waals surface area contributed by atoms with E-state index in [1.54, 1.807) is 31.9 Å².